The number of nitrogens with two attached hydrogens (primary N) is 1. The van der Waals surface area contributed by atoms with Gasteiger partial charge in [-0.25, -0.2) is 4.99 Å². The molecule has 2 aliphatic rings. The van der Waals surface area contributed by atoms with E-state index in [4.69, 9.17) is 20.2 Å². The van der Waals surface area contributed by atoms with Crippen molar-refractivity contribution in [2.24, 2.45) is 10.7 Å². The van der Waals surface area contributed by atoms with Crippen LogP contribution in [0.3, 0.4) is 0 Å². The van der Waals surface area contributed by atoms with E-state index in [1.807, 2.05) is 48.5 Å². The number of aldehydes is 1. The summed E-state index contributed by atoms with van der Waals surface area (Å²) in [5.74, 6) is 0.839. The van der Waals surface area contributed by atoms with Crippen LogP contribution in [0.5, 0.6) is 5.75 Å². The second-order valence-corrected chi connectivity index (χ2v) is 9.25. The van der Waals surface area contributed by atoms with Gasteiger partial charge in [0.1, 0.15) is 11.4 Å². The van der Waals surface area contributed by atoms with E-state index in [1.165, 1.54) is 12.8 Å². The number of nitrogens with zero attached hydrogens (tertiary/aromatic N) is 2. The molecule has 6 nitrogen and oxygen atoms in total. The summed E-state index contributed by atoms with van der Waals surface area (Å²) < 4.78 is 11.8. The summed E-state index contributed by atoms with van der Waals surface area (Å²) in [6, 6.07) is 16.2. The zero-order valence-corrected chi connectivity index (χ0v) is 19.5. The molecule has 174 valence electrons. The molecule has 0 amide bonds. The maximum atomic E-state index is 11.2. The zero-order valence-electron chi connectivity index (χ0n) is 19.5. The van der Waals surface area contributed by atoms with Gasteiger partial charge < -0.3 is 24.9 Å². The van der Waals surface area contributed by atoms with Gasteiger partial charge in [-0.3, -0.25) is 0 Å². The Bertz CT molecular complexity index is 1040. The average Bonchev–Trinajstić information content (AvgIpc) is 2.75. The van der Waals surface area contributed by atoms with Crippen LogP contribution in [-0.4, -0.2) is 43.4 Å². The Morgan fingerprint density at radius 1 is 1.15 bits per heavy atom. The highest BCUT2D eigenvalue weighted by Gasteiger charge is 2.21. The molecule has 1 aliphatic carbocycles. The Morgan fingerprint density at radius 2 is 1.94 bits per heavy atom. The molecule has 1 heterocycles. The van der Waals surface area contributed by atoms with Crippen LogP contribution in [0, 0.1) is 0 Å². The minimum Gasteiger partial charge on any atom is -0.490 e. The van der Waals surface area contributed by atoms with E-state index in [-0.39, 0.29) is 6.61 Å². The first-order valence-corrected chi connectivity index (χ1v) is 11.7. The number of aliphatic imine (C=N–C) groups is 1. The van der Waals surface area contributed by atoms with Crippen molar-refractivity contribution in [3.8, 4) is 5.75 Å². The van der Waals surface area contributed by atoms with Gasteiger partial charge in [-0.05, 0) is 69.9 Å². The van der Waals surface area contributed by atoms with Crippen molar-refractivity contribution >= 4 is 23.4 Å². The van der Waals surface area contributed by atoms with Gasteiger partial charge in [-0.1, -0.05) is 24.3 Å². The summed E-state index contributed by atoms with van der Waals surface area (Å²) >= 11 is 0. The third-order valence-electron chi connectivity index (χ3n) is 6.02. The molecule has 0 unspecified atom stereocenters. The lowest BCUT2D eigenvalue weighted by Gasteiger charge is -2.34. The van der Waals surface area contributed by atoms with E-state index in [1.54, 1.807) is 13.8 Å². The van der Waals surface area contributed by atoms with Gasteiger partial charge in [0, 0.05) is 24.4 Å². The molecule has 0 radical (unpaired) electrons. The second-order valence-electron chi connectivity index (χ2n) is 9.25. The first-order chi connectivity index (χ1) is 15.9. The Labute approximate surface area is 196 Å². The van der Waals surface area contributed by atoms with Crippen molar-refractivity contribution in [2.45, 2.75) is 51.2 Å². The van der Waals surface area contributed by atoms with Gasteiger partial charge >= 0.3 is 0 Å². The molecule has 4 rings (SSSR count). The molecule has 6 heteroatoms. The van der Waals surface area contributed by atoms with E-state index < -0.39 is 5.60 Å². The Kier molecular flexibility index (Phi) is 7.14. The summed E-state index contributed by atoms with van der Waals surface area (Å²) in [6.07, 6.45) is 7.53. The topological polar surface area (TPSA) is 77.2 Å². The lowest BCUT2D eigenvalue weighted by Crippen LogP contribution is -2.36. The van der Waals surface area contributed by atoms with Gasteiger partial charge in [0.2, 0.25) is 0 Å². The highest BCUT2D eigenvalue weighted by Crippen LogP contribution is 2.32. The lowest BCUT2D eigenvalue weighted by molar-refractivity contribution is -0.125. The molecule has 0 bridgehead atoms. The smallest absolute Gasteiger partial charge is 0.151 e. The molecule has 0 aromatic heterocycles. The van der Waals surface area contributed by atoms with Crippen LogP contribution < -0.4 is 15.4 Å². The SMILES string of the molecule is CC(C)(C=O)OCC(N)=CC(=Nc1ccccc1N1CCC1)c1cccc(OC2CCC2)c1. The van der Waals surface area contributed by atoms with Crippen LogP contribution in [0.1, 0.15) is 45.1 Å². The summed E-state index contributed by atoms with van der Waals surface area (Å²) in [5.41, 5.74) is 9.58. The fourth-order valence-electron chi connectivity index (χ4n) is 3.62. The summed E-state index contributed by atoms with van der Waals surface area (Å²) in [4.78, 5) is 18.5. The summed E-state index contributed by atoms with van der Waals surface area (Å²) in [5, 5.41) is 0. The molecule has 0 spiro atoms. The van der Waals surface area contributed by atoms with Gasteiger partial charge in [0.05, 0.1) is 29.8 Å². The average molecular weight is 448 g/mol. The van der Waals surface area contributed by atoms with Crippen LogP contribution in [0.25, 0.3) is 0 Å². The third kappa shape index (κ3) is 6.02. The standard InChI is InChI=1S/C27H33N3O3/c1-27(2,19-31)32-18-21(28)17-25(20-8-5-11-23(16-20)33-22-9-6-10-22)29-24-12-3-4-13-26(24)30-14-7-15-30/h3-5,8,11-13,16-17,19,22H,6-7,9-10,14-15,18,28H2,1-2H3. The van der Waals surface area contributed by atoms with Gasteiger partial charge in [-0.15, -0.1) is 0 Å². The van der Waals surface area contributed by atoms with Gasteiger partial charge in [-0.2, -0.15) is 0 Å². The van der Waals surface area contributed by atoms with E-state index in [9.17, 15) is 4.79 Å². The molecule has 0 atom stereocenters. The van der Waals surface area contributed by atoms with Crippen LogP contribution in [0.15, 0.2) is 65.3 Å². The molecule has 1 aliphatic heterocycles. The van der Waals surface area contributed by atoms with E-state index >= 15 is 0 Å². The molecule has 2 aromatic carbocycles. The highest BCUT2D eigenvalue weighted by atomic mass is 16.5. The van der Waals surface area contributed by atoms with Crippen molar-refractivity contribution in [3.05, 3.63) is 65.9 Å². The van der Waals surface area contributed by atoms with Crippen molar-refractivity contribution in [1.29, 1.82) is 0 Å². The Morgan fingerprint density at radius 3 is 2.61 bits per heavy atom. The number of allylic oxidation sites excluding steroid dienone is 1. The molecular weight excluding hydrogens is 414 g/mol. The lowest BCUT2D eigenvalue weighted by atomic mass is 9.96. The molecule has 2 aromatic rings. The molecule has 2 fully saturated rings. The monoisotopic (exact) mass is 447 g/mol. The zero-order chi connectivity index (χ0) is 23.3. The van der Waals surface area contributed by atoms with Crippen LogP contribution in [0.4, 0.5) is 11.4 Å². The summed E-state index contributed by atoms with van der Waals surface area (Å²) in [7, 11) is 0. The predicted octanol–water partition coefficient (Wildman–Crippen LogP) is 4.79. The predicted molar refractivity (Wildman–Crippen MR) is 133 cm³/mol. The van der Waals surface area contributed by atoms with Crippen molar-refractivity contribution in [2.75, 3.05) is 24.6 Å². The fourth-order valence-corrected chi connectivity index (χ4v) is 3.62. The number of ether oxygens (including phenoxy) is 2. The molecule has 1 saturated carbocycles. The van der Waals surface area contributed by atoms with Crippen molar-refractivity contribution in [3.63, 3.8) is 0 Å². The van der Waals surface area contributed by atoms with Crippen molar-refractivity contribution < 1.29 is 14.3 Å². The Balaban J connectivity index is 1.67. The molecular formula is C27H33N3O3. The second kappa shape index (κ2) is 10.2. The maximum absolute atomic E-state index is 11.2. The highest BCUT2D eigenvalue weighted by molar-refractivity contribution is 6.10. The quantitative estimate of drug-likeness (QED) is 0.419. The van der Waals surface area contributed by atoms with Crippen LogP contribution in [0.2, 0.25) is 0 Å². The Hall–Kier alpha value is -3.12. The van der Waals surface area contributed by atoms with Gasteiger partial charge in [0.15, 0.2) is 6.29 Å². The summed E-state index contributed by atoms with van der Waals surface area (Å²) in [6.45, 7) is 5.65. The van der Waals surface area contributed by atoms with Crippen molar-refractivity contribution in [1.82, 2.24) is 0 Å². The maximum Gasteiger partial charge on any atom is 0.151 e. The minimum absolute atomic E-state index is 0.136. The van der Waals surface area contributed by atoms with E-state index in [2.05, 4.69) is 11.0 Å². The number of carbonyl (C=O) groups is 1. The van der Waals surface area contributed by atoms with Gasteiger partial charge in [0.25, 0.3) is 0 Å². The van der Waals surface area contributed by atoms with Crippen LogP contribution >= 0.6 is 0 Å². The number of para-hydroxylation sites is 2. The first-order valence-electron chi connectivity index (χ1n) is 11.7. The number of anilines is 1. The first kappa shape index (κ1) is 23.1. The number of hydrogen-bond acceptors (Lipinski definition) is 6. The number of carbonyl (C=O) groups excluding carboxylic acids is 1. The fraction of sp³-hybridized carbons (Fsp3) is 0.407. The third-order valence-corrected chi connectivity index (χ3v) is 6.02. The number of benzene rings is 2. The normalized spacial score (nSPS) is 17.3. The number of hydrogen-bond donors (Lipinski definition) is 1. The van der Waals surface area contributed by atoms with E-state index in [0.717, 1.165) is 60.6 Å². The molecule has 2 N–H and O–H groups in total. The number of rotatable bonds is 10. The minimum atomic E-state index is -0.892. The van der Waals surface area contributed by atoms with E-state index in [0.29, 0.717) is 11.8 Å². The molecule has 33 heavy (non-hydrogen) atoms. The van der Waals surface area contributed by atoms with Crippen LogP contribution in [-0.2, 0) is 9.53 Å². The largest absolute Gasteiger partial charge is 0.490 e. The molecule has 1 saturated heterocycles.